The molecule has 3 aromatic rings. The molecule has 1 atom stereocenters. The van der Waals surface area contributed by atoms with Crippen molar-refractivity contribution in [3.05, 3.63) is 59.7 Å². The first-order chi connectivity index (χ1) is 14.2. The van der Waals surface area contributed by atoms with Gasteiger partial charge in [0.25, 0.3) is 0 Å². The Morgan fingerprint density at radius 2 is 2.07 bits per heavy atom. The zero-order chi connectivity index (χ0) is 21.9. The molecule has 0 aliphatic rings. The van der Waals surface area contributed by atoms with Crippen molar-refractivity contribution in [2.24, 2.45) is 5.92 Å². The molecule has 30 heavy (non-hydrogen) atoms. The molecule has 0 aliphatic heterocycles. The number of aryl methyl sites for hydroxylation is 1. The summed E-state index contributed by atoms with van der Waals surface area (Å²) >= 11 is 0. The molecule has 2 heterocycles. The number of methoxy groups -OCH3 is 1. The normalized spacial score (nSPS) is 12.6. The fourth-order valence-electron chi connectivity index (χ4n) is 2.91. The number of rotatable bonds is 7. The van der Waals surface area contributed by atoms with Crippen molar-refractivity contribution in [2.45, 2.75) is 33.1 Å². The fraction of sp³-hybridized carbons (Fsp3) is 0.350. The van der Waals surface area contributed by atoms with Gasteiger partial charge in [-0.3, -0.25) is 14.2 Å². The van der Waals surface area contributed by atoms with Crippen LogP contribution in [0.3, 0.4) is 0 Å². The van der Waals surface area contributed by atoms with Crippen molar-refractivity contribution in [1.82, 2.24) is 19.6 Å². The highest BCUT2D eigenvalue weighted by Crippen LogP contribution is 2.28. The smallest absolute Gasteiger partial charge is 0.435 e. The lowest BCUT2D eigenvalue weighted by Crippen LogP contribution is -2.25. The third kappa shape index (κ3) is 5.19. The second-order valence-corrected chi connectivity index (χ2v) is 7.02. The molecule has 0 bridgehead atoms. The van der Waals surface area contributed by atoms with Gasteiger partial charge in [-0.25, -0.2) is 0 Å². The Bertz CT molecular complexity index is 1030. The SMILES string of the molecule is COc1cccc(Cn2cc(NC(=O)C(C)Cn3nc(C(F)(F)F)cc3C)cn2)c1. The van der Waals surface area contributed by atoms with Crippen molar-refractivity contribution in [3.63, 3.8) is 0 Å². The van der Waals surface area contributed by atoms with Gasteiger partial charge >= 0.3 is 6.18 Å². The van der Waals surface area contributed by atoms with Gasteiger partial charge in [0, 0.05) is 11.9 Å². The topological polar surface area (TPSA) is 74.0 Å². The van der Waals surface area contributed by atoms with Gasteiger partial charge in [-0.15, -0.1) is 0 Å². The monoisotopic (exact) mass is 421 g/mol. The number of nitrogens with one attached hydrogen (secondary N) is 1. The number of carbonyl (C=O) groups excluding carboxylic acids is 1. The van der Waals surface area contributed by atoms with E-state index in [0.29, 0.717) is 17.9 Å². The number of nitrogens with zero attached hydrogens (tertiary/aromatic N) is 4. The van der Waals surface area contributed by atoms with Gasteiger partial charge in [0.05, 0.1) is 38.0 Å². The Kier molecular flexibility index (Phi) is 6.14. The lowest BCUT2D eigenvalue weighted by atomic mass is 10.1. The van der Waals surface area contributed by atoms with Crippen LogP contribution >= 0.6 is 0 Å². The highest BCUT2D eigenvalue weighted by atomic mass is 19.4. The Labute approximate surface area is 171 Å². The second-order valence-electron chi connectivity index (χ2n) is 7.02. The van der Waals surface area contributed by atoms with E-state index in [1.165, 1.54) is 17.8 Å². The van der Waals surface area contributed by atoms with Crippen LogP contribution in [0.5, 0.6) is 5.75 Å². The molecule has 0 saturated carbocycles. The number of ether oxygens (including phenoxy) is 1. The number of alkyl halides is 3. The molecule has 1 amide bonds. The van der Waals surface area contributed by atoms with Crippen molar-refractivity contribution in [2.75, 3.05) is 12.4 Å². The van der Waals surface area contributed by atoms with E-state index in [0.717, 1.165) is 17.4 Å². The van der Waals surface area contributed by atoms with Crippen LogP contribution in [-0.2, 0) is 24.1 Å². The fourth-order valence-corrected chi connectivity index (χ4v) is 2.91. The first-order valence-corrected chi connectivity index (χ1v) is 9.23. The first kappa shape index (κ1) is 21.4. The van der Waals surface area contributed by atoms with Crippen LogP contribution in [0.1, 0.15) is 23.9 Å². The number of hydrogen-bond acceptors (Lipinski definition) is 4. The molecule has 10 heteroatoms. The standard InChI is InChI=1S/C20H22F3N5O2/c1-13(10-28-14(2)7-18(26-28)20(21,22)23)19(29)25-16-9-24-27(12-16)11-15-5-4-6-17(8-15)30-3/h4-9,12-13H,10-11H2,1-3H3,(H,25,29). The van der Waals surface area contributed by atoms with E-state index >= 15 is 0 Å². The maximum Gasteiger partial charge on any atom is 0.435 e. The zero-order valence-electron chi connectivity index (χ0n) is 16.8. The molecular weight excluding hydrogens is 399 g/mol. The van der Waals surface area contributed by atoms with Crippen molar-refractivity contribution in [1.29, 1.82) is 0 Å². The van der Waals surface area contributed by atoms with Gasteiger partial charge in [0.2, 0.25) is 5.91 Å². The maximum absolute atomic E-state index is 12.8. The summed E-state index contributed by atoms with van der Waals surface area (Å²) in [7, 11) is 1.59. The molecule has 160 valence electrons. The quantitative estimate of drug-likeness (QED) is 0.631. The molecule has 0 saturated heterocycles. The van der Waals surface area contributed by atoms with Crippen LogP contribution in [0, 0.1) is 12.8 Å². The molecule has 0 radical (unpaired) electrons. The van der Waals surface area contributed by atoms with Crippen LogP contribution in [-0.4, -0.2) is 32.6 Å². The Morgan fingerprint density at radius 3 is 2.73 bits per heavy atom. The predicted octanol–water partition coefficient (Wildman–Crippen LogP) is 3.74. The van der Waals surface area contributed by atoms with Gasteiger partial charge in [0.1, 0.15) is 5.75 Å². The molecule has 7 nitrogen and oxygen atoms in total. The van der Waals surface area contributed by atoms with Gasteiger partial charge in [-0.1, -0.05) is 19.1 Å². The Morgan fingerprint density at radius 1 is 1.30 bits per heavy atom. The Hall–Kier alpha value is -3.30. The summed E-state index contributed by atoms with van der Waals surface area (Å²) in [5.41, 5.74) is 0.862. The average Bonchev–Trinajstić information content (AvgIpc) is 3.28. The molecule has 0 aliphatic carbocycles. The summed E-state index contributed by atoms with van der Waals surface area (Å²) < 4.78 is 46.4. The third-order valence-electron chi connectivity index (χ3n) is 4.55. The molecule has 1 unspecified atom stereocenters. The highest BCUT2D eigenvalue weighted by molar-refractivity contribution is 5.91. The third-order valence-corrected chi connectivity index (χ3v) is 4.55. The number of carbonyl (C=O) groups is 1. The second kappa shape index (κ2) is 8.60. The van der Waals surface area contributed by atoms with Crippen LogP contribution in [0.25, 0.3) is 0 Å². The van der Waals surface area contributed by atoms with E-state index in [-0.39, 0.29) is 12.5 Å². The van der Waals surface area contributed by atoms with E-state index < -0.39 is 17.8 Å². The summed E-state index contributed by atoms with van der Waals surface area (Å²) in [6.45, 7) is 3.68. The number of aromatic nitrogens is 4. The van der Waals surface area contributed by atoms with Crippen molar-refractivity contribution in [3.8, 4) is 5.75 Å². The van der Waals surface area contributed by atoms with E-state index in [4.69, 9.17) is 4.74 Å². The van der Waals surface area contributed by atoms with Crippen LogP contribution in [0.2, 0.25) is 0 Å². The summed E-state index contributed by atoms with van der Waals surface area (Å²) in [5.74, 6) is -0.185. The van der Waals surface area contributed by atoms with Gasteiger partial charge in [-0.05, 0) is 30.7 Å². The number of amides is 1. The van der Waals surface area contributed by atoms with Crippen LogP contribution in [0.15, 0.2) is 42.7 Å². The predicted molar refractivity (Wildman–Crippen MR) is 104 cm³/mol. The number of halogens is 3. The van der Waals surface area contributed by atoms with E-state index in [1.807, 2.05) is 24.3 Å². The molecule has 0 fully saturated rings. The largest absolute Gasteiger partial charge is 0.497 e. The van der Waals surface area contributed by atoms with Crippen LogP contribution in [0.4, 0.5) is 18.9 Å². The first-order valence-electron chi connectivity index (χ1n) is 9.23. The molecule has 0 spiro atoms. The minimum atomic E-state index is -4.52. The van der Waals surface area contributed by atoms with Gasteiger partial charge in [0.15, 0.2) is 5.69 Å². The molecule has 1 N–H and O–H groups in total. The number of anilines is 1. The minimum absolute atomic E-state index is 0.0334. The number of benzene rings is 1. The van der Waals surface area contributed by atoms with Crippen LogP contribution < -0.4 is 10.1 Å². The summed E-state index contributed by atoms with van der Waals surface area (Å²) in [4.78, 5) is 12.5. The van der Waals surface area contributed by atoms with E-state index in [9.17, 15) is 18.0 Å². The number of hydrogen-bond donors (Lipinski definition) is 1. The van der Waals surface area contributed by atoms with Gasteiger partial charge in [-0.2, -0.15) is 23.4 Å². The molecular formula is C20H22F3N5O2. The lowest BCUT2D eigenvalue weighted by Gasteiger charge is -2.12. The van der Waals surface area contributed by atoms with Crippen molar-refractivity contribution >= 4 is 11.6 Å². The summed E-state index contributed by atoms with van der Waals surface area (Å²) in [6, 6.07) is 8.52. The lowest BCUT2D eigenvalue weighted by molar-refractivity contribution is -0.141. The maximum atomic E-state index is 12.8. The summed E-state index contributed by atoms with van der Waals surface area (Å²) in [5, 5.41) is 10.5. The average molecular weight is 421 g/mol. The Balaban J connectivity index is 1.60. The zero-order valence-corrected chi connectivity index (χ0v) is 16.8. The van der Waals surface area contributed by atoms with E-state index in [1.54, 1.807) is 24.9 Å². The highest BCUT2D eigenvalue weighted by Gasteiger charge is 2.34. The molecule has 2 aromatic heterocycles. The van der Waals surface area contributed by atoms with Gasteiger partial charge < -0.3 is 10.1 Å². The van der Waals surface area contributed by atoms with E-state index in [2.05, 4.69) is 15.5 Å². The molecule has 1 aromatic carbocycles. The van der Waals surface area contributed by atoms with Crippen molar-refractivity contribution < 1.29 is 22.7 Å². The molecule has 3 rings (SSSR count). The minimum Gasteiger partial charge on any atom is -0.497 e. The summed E-state index contributed by atoms with van der Waals surface area (Å²) in [6.07, 6.45) is -1.31.